The molecule has 0 aliphatic carbocycles. The maximum atomic E-state index is 12.5. The van der Waals surface area contributed by atoms with Crippen molar-refractivity contribution in [1.82, 2.24) is 20.9 Å². The molecule has 0 bridgehead atoms. The van der Waals surface area contributed by atoms with E-state index < -0.39 is 0 Å². The van der Waals surface area contributed by atoms with Crippen LogP contribution < -0.4 is 16.0 Å². The van der Waals surface area contributed by atoms with Gasteiger partial charge in [0, 0.05) is 5.56 Å². The van der Waals surface area contributed by atoms with Gasteiger partial charge in [-0.05, 0) is 36.4 Å². The van der Waals surface area contributed by atoms with Crippen molar-refractivity contribution in [2.75, 3.05) is 5.01 Å². The van der Waals surface area contributed by atoms with Gasteiger partial charge in [0.25, 0.3) is 5.91 Å². The van der Waals surface area contributed by atoms with Crippen LogP contribution in [-0.4, -0.2) is 15.9 Å². The number of hydrazine groups is 2. The highest BCUT2D eigenvalue weighted by molar-refractivity contribution is 7.24. The van der Waals surface area contributed by atoms with Crippen LogP contribution in [0.5, 0.6) is 0 Å². The van der Waals surface area contributed by atoms with Crippen molar-refractivity contribution in [2.45, 2.75) is 0 Å². The second-order valence-electron chi connectivity index (χ2n) is 6.20. The summed E-state index contributed by atoms with van der Waals surface area (Å²) in [5.74, 6) is -0.238. The molecule has 0 unspecified atom stereocenters. The Morgan fingerprint density at radius 2 is 1.24 bits per heavy atom. The predicted molar refractivity (Wildman–Crippen MR) is 118 cm³/mol. The van der Waals surface area contributed by atoms with E-state index in [2.05, 4.69) is 11.0 Å². The van der Waals surface area contributed by atoms with Gasteiger partial charge in [-0.3, -0.25) is 10.2 Å². The van der Waals surface area contributed by atoms with E-state index in [9.17, 15) is 4.79 Å². The number of nitrogens with zero attached hydrogens (tertiary/aromatic N) is 3. The first-order chi connectivity index (χ1) is 14.3. The Morgan fingerprint density at radius 1 is 0.724 bits per heavy atom. The van der Waals surface area contributed by atoms with Crippen molar-refractivity contribution < 1.29 is 4.79 Å². The molecule has 1 amide bonds. The maximum absolute atomic E-state index is 12.5. The Balaban J connectivity index is 1.50. The number of hydrogen-bond acceptors (Lipinski definition) is 7. The molecule has 5 aromatic rings. The number of carbonyl (C=O) groups is 1. The Morgan fingerprint density at radius 3 is 1.79 bits per heavy atom. The monoisotopic (exact) mass is 417 g/mol. The second-order valence-corrected chi connectivity index (χ2v) is 8.21. The third-order valence-corrected chi connectivity index (χ3v) is 6.31. The topological polar surface area (TPSA) is 70.2 Å². The van der Waals surface area contributed by atoms with E-state index in [1.54, 1.807) is 17.1 Å². The molecule has 3 aromatic carbocycles. The molecule has 142 valence electrons. The highest BCUT2D eigenvalue weighted by Crippen LogP contribution is 2.35. The Hall–Kier alpha value is -3.33. The average Bonchev–Trinajstić information content (AvgIpc) is 3.38. The van der Waals surface area contributed by atoms with Gasteiger partial charge in [0.05, 0.1) is 20.4 Å². The fraction of sp³-hybridized carbons (Fsp3) is 0. The summed E-state index contributed by atoms with van der Waals surface area (Å²) in [4.78, 5) is 21.9. The number of fused-ring (bicyclic) bond motifs is 2. The van der Waals surface area contributed by atoms with Gasteiger partial charge in [0.1, 0.15) is 0 Å². The highest BCUT2D eigenvalue weighted by atomic mass is 32.1. The second kappa shape index (κ2) is 7.59. The molecule has 0 atom stereocenters. The smallest absolute Gasteiger partial charge is 0.266 e. The minimum atomic E-state index is -0.238. The summed E-state index contributed by atoms with van der Waals surface area (Å²) in [6, 6.07) is 24.9. The Kier molecular flexibility index (Phi) is 4.65. The lowest BCUT2D eigenvalue weighted by molar-refractivity contribution is 0.0933. The maximum Gasteiger partial charge on any atom is 0.266 e. The van der Waals surface area contributed by atoms with E-state index in [-0.39, 0.29) is 5.91 Å². The summed E-state index contributed by atoms with van der Waals surface area (Å²) in [5, 5.41) is 3.10. The summed E-state index contributed by atoms with van der Waals surface area (Å²) in [7, 11) is 0. The molecule has 2 heterocycles. The summed E-state index contributed by atoms with van der Waals surface area (Å²) in [6.07, 6.45) is 0. The van der Waals surface area contributed by atoms with Crippen molar-refractivity contribution in [3.05, 3.63) is 84.4 Å². The molecule has 2 N–H and O–H groups in total. The molecule has 0 radical (unpaired) electrons. The van der Waals surface area contributed by atoms with Gasteiger partial charge in [0.2, 0.25) is 10.3 Å². The third kappa shape index (κ3) is 3.56. The number of para-hydroxylation sites is 2. The molecule has 0 saturated heterocycles. The van der Waals surface area contributed by atoms with Crippen molar-refractivity contribution in [3.8, 4) is 0 Å². The van der Waals surface area contributed by atoms with Crippen LogP contribution >= 0.6 is 22.7 Å². The van der Waals surface area contributed by atoms with Crippen molar-refractivity contribution in [3.63, 3.8) is 0 Å². The van der Waals surface area contributed by atoms with E-state index >= 15 is 0 Å². The zero-order valence-electron chi connectivity index (χ0n) is 15.1. The molecular formula is C21H15N5OS2. The first-order valence-corrected chi connectivity index (χ1v) is 10.5. The number of anilines is 2. The summed E-state index contributed by atoms with van der Waals surface area (Å²) < 4.78 is 2.12. The van der Waals surface area contributed by atoms with E-state index in [0.717, 1.165) is 20.4 Å². The zero-order valence-corrected chi connectivity index (χ0v) is 16.7. The van der Waals surface area contributed by atoms with Crippen LogP contribution in [-0.2, 0) is 0 Å². The Labute approximate surface area is 174 Å². The molecule has 0 aliphatic heterocycles. The fourth-order valence-electron chi connectivity index (χ4n) is 2.86. The minimum Gasteiger partial charge on any atom is -0.269 e. The average molecular weight is 418 g/mol. The van der Waals surface area contributed by atoms with Crippen LogP contribution in [0.15, 0.2) is 78.9 Å². The molecule has 6 nitrogen and oxygen atoms in total. The van der Waals surface area contributed by atoms with Crippen LogP contribution in [0, 0.1) is 0 Å². The van der Waals surface area contributed by atoms with Gasteiger partial charge in [-0.15, -0.1) is 5.53 Å². The third-order valence-electron chi connectivity index (χ3n) is 4.26. The van der Waals surface area contributed by atoms with Crippen molar-refractivity contribution >= 4 is 59.3 Å². The van der Waals surface area contributed by atoms with Gasteiger partial charge in [-0.2, -0.15) is 0 Å². The molecule has 2 aromatic heterocycles. The summed E-state index contributed by atoms with van der Waals surface area (Å²) >= 11 is 3.05. The molecule has 0 spiro atoms. The SMILES string of the molecule is O=C(NNN(c1nc2ccccc2s1)c1nc2ccccc2s1)c1ccccc1. The van der Waals surface area contributed by atoms with Gasteiger partial charge in [-0.1, -0.05) is 65.1 Å². The van der Waals surface area contributed by atoms with Gasteiger partial charge >= 0.3 is 0 Å². The normalized spacial score (nSPS) is 11.0. The molecule has 0 saturated carbocycles. The molecular weight excluding hydrogens is 402 g/mol. The number of rotatable bonds is 5. The van der Waals surface area contributed by atoms with Crippen LogP contribution in [0.1, 0.15) is 10.4 Å². The number of hydrogen-bond donors (Lipinski definition) is 2. The van der Waals surface area contributed by atoms with Gasteiger partial charge in [-0.25, -0.2) is 15.0 Å². The summed E-state index contributed by atoms with van der Waals surface area (Å²) in [5.41, 5.74) is 8.12. The number of carbonyl (C=O) groups excluding carboxylic acids is 1. The van der Waals surface area contributed by atoms with Gasteiger partial charge < -0.3 is 0 Å². The standard InChI is InChI=1S/C21H15N5OS2/c27-19(14-8-2-1-3-9-14)24-25-26(20-22-15-10-4-6-12-17(15)28-20)21-23-16-11-5-7-13-18(16)29-21/h1-13,25H,(H,24,27). The number of benzene rings is 3. The predicted octanol–water partition coefficient (Wildman–Crippen LogP) is 4.89. The lowest BCUT2D eigenvalue weighted by Gasteiger charge is -2.19. The summed E-state index contributed by atoms with van der Waals surface area (Å²) in [6.45, 7) is 0. The van der Waals surface area contributed by atoms with Crippen LogP contribution in [0.25, 0.3) is 20.4 Å². The first kappa shape index (κ1) is 17.7. The lowest BCUT2D eigenvalue weighted by Crippen LogP contribution is -2.47. The van der Waals surface area contributed by atoms with Gasteiger partial charge in [0.15, 0.2) is 0 Å². The molecule has 5 rings (SSSR count). The van der Waals surface area contributed by atoms with Crippen molar-refractivity contribution in [2.24, 2.45) is 0 Å². The van der Waals surface area contributed by atoms with Crippen molar-refractivity contribution in [1.29, 1.82) is 0 Å². The van der Waals surface area contributed by atoms with E-state index in [1.807, 2.05) is 66.7 Å². The zero-order chi connectivity index (χ0) is 19.6. The van der Waals surface area contributed by atoms with E-state index in [1.165, 1.54) is 22.7 Å². The quantitative estimate of drug-likeness (QED) is 0.398. The van der Waals surface area contributed by atoms with E-state index in [4.69, 9.17) is 9.97 Å². The van der Waals surface area contributed by atoms with Crippen LogP contribution in [0.2, 0.25) is 0 Å². The largest absolute Gasteiger partial charge is 0.269 e. The lowest BCUT2D eigenvalue weighted by atomic mass is 10.2. The van der Waals surface area contributed by atoms with E-state index in [0.29, 0.717) is 15.8 Å². The van der Waals surface area contributed by atoms with Crippen LogP contribution in [0.3, 0.4) is 0 Å². The number of thiazole rings is 2. The number of nitrogens with one attached hydrogen (secondary N) is 2. The number of aromatic nitrogens is 2. The van der Waals surface area contributed by atoms with Crippen LogP contribution in [0.4, 0.5) is 10.3 Å². The molecule has 0 aliphatic rings. The Bertz CT molecular complexity index is 1160. The molecule has 8 heteroatoms. The number of amides is 1. The molecule has 29 heavy (non-hydrogen) atoms. The molecule has 0 fully saturated rings. The first-order valence-electron chi connectivity index (χ1n) is 8.90. The minimum absolute atomic E-state index is 0.238. The highest BCUT2D eigenvalue weighted by Gasteiger charge is 2.19. The fourth-order valence-corrected chi connectivity index (χ4v) is 4.77.